The molecule has 0 unspecified atom stereocenters. The fourth-order valence-corrected chi connectivity index (χ4v) is 2.39. The summed E-state index contributed by atoms with van der Waals surface area (Å²) in [6.45, 7) is 1.51. The molecule has 0 fully saturated rings. The van der Waals surface area contributed by atoms with Gasteiger partial charge in [0, 0.05) is 6.21 Å². The summed E-state index contributed by atoms with van der Waals surface area (Å²) in [6, 6.07) is 7.20. The minimum atomic E-state index is -3.78. The van der Waals surface area contributed by atoms with E-state index in [2.05, 4.69) is 9.98 Å². The number of sulfonamides is 1. The lowest BCUT2D eigenvalue weighted by Gasteiger charge is -2.04. The van der Waals surface area contributed by atoms with E-state index in [4.69, 9.17) is 10.4 Å². The lowest BCUT2D eigenvalue weighted by atomic mass is 10.1. The maximum absolute atomic E-state index is 11.5. The summed E-state index contributed by atoms with van der Waals surface area (Å²) in [5, 5.41) is 23.7. The number of aromatic nitrogens is 1. The van der Waals surface area contributed by atoms with Crippen molar-refractivity contribution in [2.75, 3.05) is 0 Å². The van der Waals surface area contributed by atoms with Gasteiger partial charge < -0.3 is 5.11 Å². The molecule has 0 aliphatic heterocycles. The van der Waals surface area contributed by atoms with E-state index in [0.717, 1.165) is 0 Å². The Hall–Kier alpha value is -2.96. The third kappa shape index (κ3) is 3.45. The molecule has 23 heavy (non-hydrogen) atoms. The van der Waals surface area contributed by atoms with E-state index in [0.29, 0.717) is 11.3 Å². The van der Waals surface area contributed by atoms with Gasteiger partial charge in [0.05, 0.1) is 16.1 Å². The molecule has 0 saturated heterocycles. The van der Waals surface area contributed by atoms with Crippen molar-refractivity contribution in [1.82, 2.24) is 4.98 Å². The Labute approximate surface area is 131 Å². The Balaban J connectivity index is 2.42. The number of benzene rings is 1. The summed E-state index contributed by atoms with van der Waals surface area (Å²) in [5.74, 6) is -0.406. The van der Waals surface area contributed by atoms with Crippen molar-refractivity contribution in [2.45, 2.75) is 11.8 Å². The van der Waals surface area contributed by atoms with Gasteiger partial charge in [0.25, 0.3) is 5.56 Å². The number of pyridine rings is 1. The summed E-state index contributed by atoms with van der Waals surface area (Å²) in [5.41, 5.74) is 0.0854. The number of rotatable bonds is 3. The van der Waals surface area contributed by atoms with Gasteiger partial charge in [0.1, 0.15) is 11.6 Å². The summed E-state index contributed by atoms with van der Waals surface area (Å²) in [7, 11) is -3.78. The molecule has 2 aromatic rings. The maximum Gasteiger partial charge on any atom is 0.268 e. The number of nitrogens with two attached hydrogens (primary N) is 1. The number of aromatic hydroxyl groups is 1. The summed E-state index contributed by atoms with van der Waals surface area (Å²) < 4.78 is 22.3. The first-order valence-corrected chi connectivity index (χ1v) is 7.81. The quantitative estimate of drug-likeness (QED) is 0.706. The maximum atomic E-state index is 11.5. The monoisotopic (exact) mass is 332 g/mol. The molecule has 9 heteroatoms. The molecule has 0 aliphatic carbocycles. The first-order valence-electron chi connectivity index (χ1n) is 6.27. The number of aromatic amines is 1. The standard InChI is InChI=1S/C14H12N4O4S/c1-8-11(6-15)13(19)18-14(20)12(8)7-17-9-2-4-10(5-3-9)23(16,21)22/h2-5,7H,1H3,(H2,16,21,22)(H2,18,19,20). The lowest BCUT2D eigenvalue weighted by molar-refractivity contribution is 0.450. The van der Waals surface area contributed by atoms with Gasteiger partial charge in [-0.05, 0) is 36.8 Å². The van der Waals surface area contributed by atoms with Crippen LogP contribution in [0.4, 0.5) is 5.69 Å². The highest BCUT2D eigenvalue weighted by molar-refractivity contribution is 7.89. The van der Waals surface area contributed by atoms with Crippen molar-refractivity contribution >= 4 is 21.9 Å². The van der Waals surface area contributed by atoms with E-state index in [9.17, 15) is 18.3 Å². The number of H-pyrrole nitrogens is 1. The smallest absolute Gasteiger partial charge is 0.268 e. The van der Waals surface area contributed by atoms with Crippen LogP contribution in [-0.2, 0) is 10.0 Å². The number of primary sulfonamides is 1. The van der Waals surface area contributed by atoms with Crippen LogP contribution in [0.15, 0.2) is 38.9 Å². The highest BCUT2D eigenvalue weighted by atomic mass is 32.2. The molecule has 1 aromatic heterocycles. The van der Waals surface area contributed by atoms with E-state index in [1.807, 2.05) is 0 Å². The Bertz CT molecular complexity index is 983. The SMILES string of the molecule is Cc1c(C=Nc2ccc(S(N)(=O)=O)cc2)c(O)[nH]c(=O)c1C#N. The lowest BCUT2D eigenvalue weighted by Crippen LogP contribution is -2.14. The molecule has 0 radical (unpaired) electrons. The molecule has 118 valence electrons. The zero-order valence-electron chi connectivity index (χ0n) is 11.9. The topological polar surface area (TPSA) is 149 Å². The molecule has 1 aromatic carbocycles. The van der Waals surface area contributed by atoms with Crippen LogP contribution in [0, 0.1) is 18.3 Å². The number of nitrogens with zero attached hydrogens (tertiary/aromatic N) is 2. The summed E-state index contributed by atoms with van der Waals surface area (Å²) in [4.78, 5) is 17.7. The summed E-state index contributed by atoms with van der Waals surface area (Å²) >= 11 is 0. The van der Waals surface area contributed by atoms with E-state index in [1.54, 1.807) is 6.07 Å². The normalized spacial score (nSPS) is 11.5. The first kappa shape index (κ1) is 16.4. The first-order chi connectivity index (χ1) is 10.7. The van der Waals surface area contributed by atoms with Gasteiger partial charge in [-0.15, -0.1) is 0 Å². The summed E-state index contributed by atoms with van der Waals surface area (Å²) in [6.07, 6.45) is 1.27. The van der Waals surface area contributed by atoms with Gasteiger partial charge in [-0.25, -0.2) is 13.6 Å². The van der Waals surface area contributed by atoms with Gasteiger partial charge in [0.15, 0.2) is 0 Å². The second kappa shape index (κ2) is 6.04. The van der Waals surface area contributed by atoms with Gasteiger partial charge in [-0.1, -0.05) is 0 Å². The van der Waals surface area contributed by atoms with Crippen molar-refractivity contribution < 1.29 is 13.5 Å². The molecule has 0 amide bonds. The molecule has 0 aliphatic rings. The van der Waals surface area contributed by atoms with Crippen LogP contribution in [0.5, 0.6) is 5.88 Å². The Kier molecular flexibility index (Phi) is 4.31. The average Bonchev–Trinajstić information content (AvgIpc) is 2.46. The Morgan fingerprint density at radius 1 is 1.35 bits per heavy atom. The third-order valence-electron chi connectivity index (χ3n) is 3.11. The van der Waals surface area contributed by atoms with Crippen molar-refractivity contribution in [3.05, 3.63) is 51.3 Å². The molecule has 1 heterocycles. The van der Waals surface area contributed by atoms with Crippen molar-refractivity contribution in [1.29, 1.82) is 5.26 Å². The number of nitrogens with one attached hydrogen (secondary N) is 1. The molecular weight excluding hydrogens is 320 g/mol. The third-order valence-corrected chi connectivity index (χ3v) is 4.04. The second-order valence-electron chi connectivity index (χ2n) is 4.63. The molecule has 0 bridgehead atoms. The van der Waals surface area contributed by atoms with Crippen molar-refractivity contribution in [2.24, 2.45) is 10.1 Å². The molecule has 0 saturated carbocycles. The average molecular weight is 332 g/mol. The van der Waals surface area contributed by atoms with Crippen molar-refractivity contribution in [3.8, 4) is 11.9 Å². The van der Waals surface area contributed by atoms with E-state index in [1.165, 1.54) is 37.4 Å². The van der Waals surface area contributed by atoms with Gasteiger partial charge in [-0.2, -0.15) is 5.26 Å². The number of hydrogen-bond donors (Lipinski definition) is 3. The zero-order valence-corrected chi connectivity index (χ0v) is 12.8. The van der Waals surface area contributed by atoms with Crippen LogP contribution in [-0.4, -0.2) is 24.7 Å². The van der Waals surface area contributed by atoms with Crippen LogP contribution in [0.2, 0.25) is 0 Å². The Morgan fingerprint density at radius 2 is 1.96 bits per heavy atom. The van der Waals surface area contributed by atoms with Crippen molar-refractivity contribution in [3.63, 3.8) is 0 Å². The predicted octanol–water partition coefficient (Wildman–Crippen LogP) is 0.659. The van der Waals surface area contributed by atoms with E-state index >= 15 is 0 Å². The van der Waals surface area contributed by atoms with E-state index in [-0.39, 0.29) is 16.0 Å². The molecule has 8 nitrogen and oxygen atoms in total. The predicted molar refractivity (Wildman–Crippen MR) is 83.2 cm³/mol. The van der Waals surface area contributed by atoms with Gasteiger partial charge in [0.2, 0.25) is 15.9 Å². The molecule has 0 atom stereocenters. The second-order valence-corrected chi connectivity index (χ2v) is 6.19. The van der Waals surface area contributed by atoms with Gasteiger partial charge in [-0.3, -0.25) is 14.8 Å². The van der Waals surface area contributed by atoms with Crippen LogP contribution in [0.1, 0.15) is 16.7 Å². The Morgan fingerprint density at radius 3 is 2.48 bits per heavy atom. The van der Waals surface area contributed by atoms with E-state index < -0.39 is 21.5 Å². The zero-order chi connectivity index (χ0) is 17.2. The van der Waals surface area contributed by atoms with Crippen LogP contribution >= 0.6 is 0 Å². The molecule has 0 spiro atoms. The fourth-order valence-electron chi connectivity index (χ4n) is 1.87. The minimum absolute atomic E-state index is 0.0497. The highest BCUT2D eigenvalue weighted by Crippen LogP contribution is 2.19. The molecule has 2 rings (SSSR count). The molecular formula is C14H12N4O4S. The van der Waals surface area contributed by atoms with Crippen LogP contribution in [0.25, 0.3) is 0 Å². The fraction of sp³-hybridized carbons (Fsp3) is 0.0714. The minimum Gasteiger partial charge on any atom is -0.494 e. The number of aliphatic imine (C=N–C) groups is 1. The number of hydrogen-bond acceptors (Lipinski definition) is 6. The van der Waals surface area contributed by atoms with Crippen LogP contribution in [0.3, 0.4) is 0 Å². The highest BCUT2D eigenvalue weighted by Gasteiger charge is 2.12. The molecule has 4 N–H and O–H groups in total. The van der Waals surface area contributed by atoms with Gasteiger partial charge >= 0.3 is 0 Å². The number of nitriles is 1. The van der Waals surface area contributed by atoms with Crippen LogP contribution < -0.4 is 10.7 Å². The largest absolute Gasteiger partial charge is 0.494 e.